The van der Waals surface area contributed by atoms with Crippen LogP contribution in [0.15, 0.2) is 24.3 Å². The van der Waals surface area contributed by atoms with Crippen molar-refractivity contribution in [3.05, 3.63) is 29.8 Å². The van der Waals surface area contributed by atoms with Gasteiger partial charge in [-0.1, -0.05) is 13.0 Å². The Bertz CT molecular complexity index is 696. The number of nitrogens with one attached hydrogen (secondary N) is 2. The molecular formula is C15H20N2O5S. The molecule has 126 valence electrons. The van der Waals surface area contributed by atoms with Gasteiger partial charge in [-0.05, 0) is 37.5 Å². The Morgan fingerprint density at radius 3 is 2.61 bits per heavy atom. The lowest BCUT2D eigenvalue weighted by Crippen LogP contribution is -2.46. The van der Waals surface area contributed by atoms with Crippen LogP contribution in [0.5, 0.6) is 0 Å². The fraction of sp³-hybridized carbons (Fsp3) is 0.467. The largest absolute Gasteiger partial charge is 0.481 e. The lowest BCUT2D eigenvalue weighted by Gasteiger charge is -2.32. The number of anilines is 1. The lowest BCUT2D eigenvalue weighted by atomic mass is 9.80. The lowest BCUT2D eigenvalue weighted by molar-refractivity contribution is -0.145. The molecule has 0 aromatic heterocycles. The molecule has 0 radical (unpaired) electrons. The molecular weight excluding hydrogens is 320 g/mol. The smallest absolute Gasteiger partial charge is 0.306 e. The molecule has 8 heteroatoms. The molecule has 1 aromatic carbocycles. The van der Waals surface area contributed by atoms with Crippen molar-refractivity contribution in [1.29, 1.82) is 0 Å². The van der Waals surface area contributed by atoms with E-state index in [1.807, 2.05) is 0 Å². The molecule has 23 heavy (non-hydrogen) atoms. The molecule has 0 spiro atoms. The van der Waals surface area contributed by atoms with Crippen LogP contribution in [-0.4, -0.2) is 37.2 Å². The van der Waals surface area contributed by atoms with Crippen molar-refractivity contribution in [3.63, 3.8) is 0 Å². The summed E-state index contributed by atoms with van der Waals surface area (Å²) in [5.74, 6) is -1.56. The number of carboxylic acids is 1. The van der Waals surface area contributed by atoms with Gasteiger partial charge in [0.15, 0.2) is 0 Å². The van der Waals surface area contributed by atoms with E-state index in [1.54, 1.807) is 25.1 Å². The Labute approximate surface area is 135 Å². The Morgan fingerprint density at radius 1 is 1.30 bits per heavy atom. The van der Waals surface area contributed by atoms with E-state index < -0.39 is 21.9 Å². The van der Waals surface area contributed by atoms with Gasteiger partial charge in [0, 0.05) is 17.3 Å². The van der Waals surface area contributed by atoms with Crippen molar-refractivity contribution in [2.75, 3.05) is 10.5 Å². The quantitative estimate of drug-likeness (QED) is 0.695. The van der Waals surface area contributed by atoms with Gasteiger partial charge in [-0.25, -0.2) is 8.42 Å². The van der Waals surface area contributed by atoms with Gasteiger partial charge < -0.3 is 10.4 Å². The molecule has 7 nitrogen and oxygen atoms in total. The van der Waals surface area contributed by atoms with Crippen LogP contribution in [0.1, 0.15) is 36.5 Å². The number of benzene rings is 1. The maximum atomic E-state index is 12.1. The summed E-state index contributed by atoms with van der Waals surface area (Å²) in [5, 5.41) is 11.6. The van der Waals surface area contributed by atoms with E-state index in [0.717, 1.165) is 0 Å². The molecule has 1 saturated carbocycles. The minimum absolute atomic E-state index is 0.0159. The third-order valence-electron chi connectivity index (χ3n) is 3.69. The van der Waals surface area contributed by atoms with Crippen molar-refractivity contribution in [2.24, 2.45) is 5.92 Å². The van der Waals surface area contributed by atoms with Crippen LogP contribution in [-0.2, 0) is 14.8 Å². The first-order valence-electron chi connectivity index (χ1n) is 7.45. The highest BCUT2D eigenvalue weighted by molar-refractivity contribution is 7.92. The van der Waals surface area contributed by atoms with Gasteiger partial charge in [-0.2, -0.15) is 0 Å². The topological polar surface area (TPSA) is 113 Å². The van der Waals surface area contributed by atoms with Gasteiger partial charge in [0.05, 0.1) is 11.7 Å². The van der Waals surface area contributed by atoms with Crippen LogP contribution >= 0.6 is 0 Å². The summed E-state index contributed by atoms with van der Waals surface area (Å²) in [6.07, 6.45) is 1.34. The van der Waals surface area contributed by atoms with Crippen molar-refractivity contribution >= 4 is 27.6 Å². The van der Waals surface area contributed by atoms with E-state index in [9.17, 15) is 18.0 Å². The number of sulfonamides is 1. The fourth-order valence-electron chi connectivity index (χ4n) is 2.43. The first-order valence-corrected chi connectivity index (χ1v) is 9.10. The Balaban J connectivity index is 1.97. The van der Waals surface area contributed by atoms with Gasteiger partial charge >= 0.3 is 5.97 Å². The van der Waals surface area contributed by atoms with Crippen LogP contribution in [0, 0.1) is 5.92 Å². The Morgan fingerprint density at radius 2 is 2.00 bits per heavy atom. The average molecular weight is 340 g/mol. The first kappa shape index (κ1) is 17.3. The number of hydrogen-bond acceptors (Lipinski definition) is 4. The van der Waals surface area contributed by atoms with Crippen molar-refractivity contribution in [3.8, 4) is 0 Å². The van der Waals surface area contributed by atoms with Gasteiger partial charge in [0.2, 0.25) is 10.0 Å². The van der Waals surface area contributed by atoms with Crippen molar-refractivity contribution < 1.29 is 23.1 Å². The summed E-state index contributed by atoms with van der Waals surface area (Å²) < 4.78 is 25.9. The summed E-state index contributed by atoms with van der Waals surface area (Å²) in [4.78, 5) is 22.9. The van der Waals surface area contributed by atoms with Crippen LogP contribution in [0.2, 0.25) is 0 Å². The maximum Gasteiger partial charge on any atom is 0.306 e. The van der Waals surface area contributed by atoms with Crippen LogP contribution < -0.4 is 10.0 Å². The molecule has 0 atom stereocenters. The average Bonchev–Trinajstić information content (AvgIpc) is 2.41. The normalized spacial score (nSPS) is 20.4. The SMILES string of the molecule is CCCS(=O)(=O)Nc1cccc(C(=O)NC2CC(C(=O)O)C2)c1. The highest BCUT2D eigenvalue weighted by Crippen LogP contribution is 2.27. The molecule has 1 fully saturated rings. The predicted molar refractivity (Wildman–Crippen MR) is 85.8 cm³/mol. The first-order chi connectivity index (χ1) is 10.8. The van der Waals surface area contributed by atoms with Gasteiger partial charge in [-0.15, -0.1) is 0 Å². The molecule has 3 N–H and O–H groups in total. The van der Waals surface area contributed by atoms with Crippen LogP contribution in [0.25, 0.3) is 0 Å². The number of carbonyl (C=O) groups is 2. The fourth-order valence-corrected chi connectivity index (χ4v) is 3.55. The molecule has 2 rings (SSSR count). The van der Waals surface area contributed by atoms with Crippen molar-refractivity contribution in [1.82, 2.24) is 5.32 Å². The number of aliphatic carboxylic acids is 1. The zero-order valence-electron chi connectivity index (χ0n) is 12.8. The van der Waals surface area contributed by atoms with E-state index in [0.29, 0.717) is 30.5 Å². The summed E-state index contributed by atoms with van der Waals surface area (Å²) in [5.41, 5.74) is 0.670. The summed E-state index contributed by atoms with van der Waals surface area (Å²) in [6.45, 7) is 1.77. The number of carboxylic acid groups (broad SMARTS) is 1. The number of carbonyl (C=O) groups excluding carboxylic acids is 1. The number of amides is 1. The standard InChI is InChI=1S/C15H20N2O5S/c1-2-6-23(21,22)17-12-5-3-4-10(7-12)14(18)16-13-8-11(9-13)15(19)20/h3-5,7,11,13,17H,2,6,8-9H2,1H3,(H,16,18)(H,19,20). The second-order valence-electron chi connectivity index (χ2n) is 5.68. The molecule has 1 aliphatic carbocycles. The monoisotopic (exact) mass is 340 g/mol. The predicted octanol–water partition coefficient (Wildman–Crippen LogP) is 1.43. The Kier molecular flexibility index (Phi) is 5.25. The van der Waals surface area contributed by atoms with Gasteiger partial charge in [0.1, 0.15) is 0 Å². The van der Waals surface area contributed by atoms with E-state index in [4.69, 9.17) is 5.11 Å². The highest BCUT2D eigenvalue weighted by atomic mass is 32.2. The molecule has 1 aromatic rings. The summed E-state index contributed by atoms with van der Waals surface area (Å²) >= 11 is 0. The second kappa shape index (κ2) is 6.99. The third-order valence-corrected chi connectivity index (χ3v) is 5.19. The minimum atomic E-state index is -3.41. The molecule has 0 heterocycles. The second-order valence-corrected chi connectivity index (χ2v) is 7.52. The number of rotatable bonds is 7. The zero-order chi connectivity index (χ0) is 17.0. The van der Waals surface area contributed by atoms with Gasteiger partial charge in [-0.3, -0.25) is 14.3 Å². The van der Waals surface area contributed by atoms with Crippen molar-refractivity contribution in [2.45, 2.75) is 32.2 Å². The molecule has 0 saturated heterocycles. The zero-order valence-corrected chi connectivity index (χ0v) is 13.6. The van der Waals surface area contributed by atoms with Gasteiger partial charge in [0.25, 0.3) is 5.91 Å². The molecule has 1 aliphatic rings. The molecule has 0 unspecified atom stereocenters. The third kappa shape index (κ3) is 4.69. The van der Waals surface area contributed by atoms with Crippen LogP contribution in [0.4, 0.5) is 5.69 Å². The van der Waals surface area contributed by atoms with E-state index in [2.05, 4.69) is 10.0 Å². The summed E-state index contributed by atoms with van der Waals surface area (Å²) in [6, 6.07) is 6.08. The van der Waals surface area contributed by atoms with E-state index >= 15 is 0 Å². The maximum absolute atomic E-state index is 12.1. The minimum Gasteiger partial charge on any atom is -0.481 e. The highest BCUT2D eigenvalue weighted by Gasteiger charge is 2.35. The molecule has 0 bridgehead atoms. The van der Waals surface area contributed by atoms with Crippen LogP contribution in [0.3, 0.4) is 0 Å². The van der Waals surface area contributed by atoms with E-state index in [-0.39, 0.29) is 17.7 Å². The molecule has 1 amide bonds. The summed E-state index contributed by atoms with van der Waals surface area (Å²) in [7, 11) is -3.41. The molecule has 0 aliphatic heterocycles. The number of hydrogen-bond donors (Lipinski definition) is 3. The Hall–Kier alpha value is -2.09. The van der Waals surface area contributed by atoms with E-state index in [1.165, 1.54) is 6.07 Å².